The average molecular weight is 486 g/mol. The average Bonchev–Trinajstić information content (AvgIpc) is 3.20. The van der Waals surface area contributed by atoms with Gasteiger partial charge in [-0.25, -0.2) is 4.98 Å². The minimum Gasteiger partial charge on any atom is -0.370 e. The van der Waals surface area contributed by atoms with E-state index in [1.54, 1.807) is 23.5 Å². The van der Waals surface area contributed by atoms with E-state index < -0.39 is 0 Å². The Bertz CT molecular complexity index is 701. The number of nitrogens with two attached hydrogens (primary N) is 1. The second kappa shape index (κ2) is 10.3. The lowest BCUT2D eigenvalue weighted by Crippen LogP contribution is -2.51. The summed E-state index contributed by atoms with van der Waals surface area (Å²) in [5, 5.41) is 5.89. The Morgan fingerprint density at radius 2 is 1.96 bits per heavy atom. The highest BCUT2D eigenvalue weighted by Crippen LogP contribution is 2.18. The molecule has 9 heteroatoms. The molecule has 1 aromatic heterocycles. The highest BCUT2D eigenvalue weighted by molar-refractivity contribution is 14.0. The molecule has 0 saturated carbocycles. The molecule has 2 aromatic rings. The Morgan fingerprint density at radius 1 is 1.23 bits per heavy atom. The summed E-state index contributed by atoms with van der Waals surface area (Å²) in [6, 6.07) is 9.15. The number of anilines is 1. The molecule has 2 heterocycles. The number of carbonyl (C=O) groups excluding carboxylic acids is 1. The van der Waals surface area contributed by atoms with Gasteiger partial charge in [-0.05, 0) is 12.1 Å². The number of aliphatic imine (C=N–C) groups is 1. The molecule has 0 radical (unpaired) electrons. The number of hydrogen-bond acceptors (Lipinski definition) is 5. The van der Waals surface area contributed by atoms with Crippen molar-refractivity contribution < 1.29 is 4.79 Å². The Balaban J connectivity index is 0.00000243. The normalized spacial score (nSPS) is 14.7. The number of thiazole rings is 1. The van der Waals surface area contributed by atoms with Crippen LogP contribution in [0.2, 0.25) is 0 Å². The second-order valence-electron chi connectivity index (χ2n) is 5.65. The fraction of sp³-hybridized carbons (Fsp3) is 0.353. The monoisotopic (exact) mass is 486 g/mol. The standard InChI is InChI=1S/C17H22N6OS.HI/c18-16(20-7-6-19-15(24)14-4-2-1-3-5-14)22-9-11-23(12-10-22)17-21-8-13-25-17;/h1-5,8,13H,6-7,9-12H2,(H2,18,20)(H,19,24);1H. The molecule has 1 aliphatic heterocycles. The summed E-state index contributed by atoms with van der Waals surface area (Å²) in [5.74, 6) is 0.444. The first-order valence-corrected chi connectivity index (χ1v) is 9.14. The molecule has 0 aliphatic carbocycles. The molecular weight excluding hydrogens is 463 g/mol. The van der Waals surface area contributed by atoms with Gasteiger partial charge in [-0.2, -0.15) is 0 Å². The topological polar surface area (TPSA) is 86.8 Å². The maximum absolute atomic E-state index is 11.9. The van der Waals surface area contributed by atoms with Gasteiger partial charge in [0.1, 0.15) is 0 Å². The first-order valence-electron chi connectivity index (χ1n) is 8.26. The van der Waals surface area contributed by atoms with E-state index in [1.807, 2.05) is 29.8 Å². The van der Waals surface area contributed by atoms with Crippen molar-refractivity contribution in [3.8, 4) is 0 Å². The number of nitrogens with one attached hydrogen (secondary N) is 1. The molecule has 1 aromatic carbocycles. The molecule has 3 N–H and O–H groups in total. The molecule has 7 nitrogen and oxygen atoms in total. The minimum absolute atomic E-state index is 0. The molecule has 0 unspecified atom stereocenters. The van der Waals surface area contributed by atoms with Crippen molar-refractivity contribution in [2.24, 2.45) is 10.7 Å². The number of aromatic nitrogens is 1. The Kier molecular flexibility index (Phi) is 8.10. The summed E-state index contributed by atoms with van der Waals surface area (Å²) in [5.41, 5.74) is 6.72. The number of piperazine rings is 1. The van der Waals surface area contributed by atoms with E-state index in [4.69, 9.17) is 5.73 Å². The van der Waals surface area contributed by atoms with Crippen molar-refractivity contribution in [3.63, 3.8) is 0 Å². The lowest BCUT2D eigenvalue weighted by molar-refractivity contribution is 0.0955. The van der Waals surface area contributed by atoms with Crippen LogP contribution in [0.5, 0.6) is 0 Å². The predicted octanol–water partition coefficient (Wildman–Crippen LogP) is 1.63. The van der Waals surface area contributed by atoms with E-state index in [1.165, 1.54) is 0 Å². The molecule has 1 amide bonds. The summed E-state index contributed by atoms with van der Waals surface area (Å²) in [6.07, 6.45) is 1.83. The zero-order valence-electron chi connectivity index (χ0n) is 14.4. The summed E-state index contributed by atoms with van der Waals surface area (Å²) >= 11 is 1.65. The SMILES string of the molecule is I.NC(=NCCNC(=O)c1ccccc1)N1CCN(c2nccs2)CC1. The summed E-state index contributed by atoms with van der Waals surface area (Å²) in [6.45, 7) is 4.35. The van der Waals surface area contributed by atoms with Crippen LogP contribution in [-0.4, -0.2) is 61.0 Å². The fourth-order valence-corrected chi connectivity index (χ4v) is 3.33. The van der Waals surface area contributed by atoms with Crippen LogP contribution in [-0.2, 0) is 0 Å². The summed E-state index contributed by atoms with van der Waals surface area (Å²) < 4.78 is 0. The maximum atomic E-state index is 11.9. The van der Waals surface area contributed by atoms with Crippen molar-refractivity contribution in [3.05, 3.63) is 47.5 Å². The molecule has 3 rings (SSSR count). The van der Waals surface area contributed by atoms with Crippen molar-refractivity contribution in [2.45, 2.75) is 0 Å². The molecule has 0 spiro atoms. The number of guanidine groups is 1. The first kappa shape index (κ1) is 20.4. The predicted molar refractivity (Wildman–Crippen MR) is 117 cm³/mol. The Hall–Kier alpha value is -1.88. The number of amides is 1. The fourth-order valence-electron chi connectivity index (χ4n) is 2.63. The number of rotatable bonds is 5. The molecule has 0 atom stereocenters. The van der Waals surface area contributed by atoms with Crippen LogP contribution in [0.4, 0.5) is 5.13 Å². The van der Waals surface area contributed by atoms with Gasteiger partial charge in [-0.1, -0.05) is 18.2 Å². The largest absolute Gasteiger partial charge is 0.370 e. The van der Waals surface area contributed by atoms with Gasteiger partial charge in [0.05, 0.1) is 6.54 Å². The highest BCUT2D eigenvalue weighted by atomic mass is 127. The zero-order chi connectivity index (χ0) is 17.5. The third-order valence-electron chi connectivity index (χ3n) is 4.00. The van der Waals surface area contributed by atoms with Gasteiger partial charge in [0.25, 0.3) is 5.91 Å². The number of hydrogen-bond donors (Lipinski definition) is 2. The van der Waals surface area contributed by atoms with Gasteiger partial charge in [0, 0.05) is 49.9 Å². The van der Waals surface area contributed by atoms with E-state index in [0.29, 0.717) is 24.6 Å². The van der Waals surface area contributed by atoms with E-state index >= 15 is 0 Å². The Morgan fingerprint density at radius 3 is 2.62 bits per heavy atom. The van der Waals surface area contributed by atoms with E-state index in [0.717, 1.165) is 31.3 Å². The third kappa shape index (κ3) is 5.56. The maximum Gasteiger partial charge on any atom is 0.251 e. The van der Waals surface area contributed by atoms with Crippen LogP contribution in [0.1, 0.15) is 10.4 Å². The molecule has 1 fully saturated rings. The van der Waals surface area contributed by atoms with Crippen LogP contribution in [0, 0.1) is 0 Å². The molecule has 1 aliphatic rings. The van der Waals surface area contributed by atoms with Crippen molar-refractivity contribution in [2.75, 3.05) is 44.2 Å². The number of nitrogens with zero attached hydrogens (tertiary/aromatic N) is 4. The summed E-state index contributed by atoms with van der Waals surface area (Å²) in [7, 11) is 0. The zero-order valence-corrected chi connectivity index (χ0v) is 17.5. The van der Waals surface area contributed by atoms with Gasteiger partial charge in [-0.3, -0.25) is 9.79 Å². The Labute approximate surface area is 174 Å². The van der Waals surface area contributed by atoms with Crippen molar-refractivity contribution >= 4 is 52.3 Å². The van der Waals surface area contributed by atoms with Crippen LogP contribution < -0.4 is 16.0 Å². The van der Waals surface area contributed by atoms with Gasteiger partial charge in [0.15, 0.2) is 11.1 Å². The van der Waals surface area contributed by atoms with Crippen LogP contribution in [0.15, 0.2) is 46.9 Å². The van der Waals surface area contributed by atoms with Gasteiger partial charge in [0.2, 0.25) is 0 Å². The van der Waals surface area contributed by atoms with Crippen LogP contribution in [0.25, 0.3) is 0 Å². The molecule has 140 valence electrons. The van der Waals surface area contributed by atoms with Crippen LogP contribution in [0.3, 0.4) is 0 Å². The second-order valence-corrected chi connectivity index (χ2v) is 6.52. The highest BCUT2D eigenvalue weighted by Gasteiger charge is 2.19. The quantitative estimate of drug-likeness (QED) is 0.291. The molecule has 0 bridgehead atoms. The van der Waals surface area contributed by atoms with Crippen LogP contribution >= 0.6 is 35.3 Å². The number of carbonyl (C=O) groups is 1. The molecular formula is C17H23IN6OS. The number of halogens is 1. The van der Waals surface area contributed by atoms with Gasteiger partial charge < -0.3 is 20.9 Å². The third-order valence-corrected chi connectivity index (χ3v) is 4.83. The van der Waals surface area contributed by atoms with E-state index in [9.17, 15) is 4.79 Å². The van der Waals surface area contributed by atoms with Gasteiger partial charge >= 0.3 is 0 Å². The van der Waals surface area contributed by atoms with E-state index in [-0.39, 0.29) is 29.9 Å². The lowest BCUT2D eigenvalue weighted by Gasteiger charge is -2.35. The molecule has 26 heavy (non-hydrogen) atoms. The lowest BCUT2D eigenvalue weighted by atomic mass is 10.2. The first-order chi connectivity index (χ1) is 12.2. The summed E-state index contributed by atoms with van der Waals surface area (Å²) in [4.78, 5) is 25.0. The van der Waals surface area contributed by atoms with Crippen molar-refractivity contribution in [1.82, 2.24) is 15.2 Å². The van der Waals surface area contributed by atoms with Gasteiger partial charge in [-0.15, -0.1) is 35.3 Å². The van der Waals surface area contributed by atoms with E-state index in [2.05, 4.69) is 25.1 Å². The van der Waals surface area contributed by atoms with Crippen molar-refractivity contribution in [1.29, 1.82) is 0 Å². The molecule has 1 saturated heterocycles. The minimum atomic E-state index is -0.0913. The smallest absolute Gasteiger partial charge is 0.251 e. The number of benzene rings is 1.